The summed E-state index contributed by atoms with van der Waals surface area (Å²) in [5, 5.41) is 5.63. The zero-order chi connectivity index (χ0) is 21.5. The van der Waals surface area contributed by atoms with Gasteiger partial charge in [-0.2, -0.15) is 5.10 Å². The summed E-state index contributed by atoms with van der Waals surface area (Å²) in [5.74, 6) is 0.904. The number of fused-ring (bicyclic) bond motifs is 1. The highest BCUT2D eigenvalue weighted by atomic mass is 32.1. The molecular weight excluding hydrogens is 410 g/mol. The fraction of sp³-hybridized carbons (Fsp3) is 0.333. The Morgan fingerprint density at radius 3 is 2.42 bits per heavy atom. The summed E-state index contributed by atoms with van der Waals surface area (Å²) in [7, 11) is 1.51. The van der Waals surface area contributed by atoms with E-state index in [4.69, 9.17) is 19.7 Å². The van der Waals surface area contributed by atoms with Gasteiger partial charge in [-0.3, -0.25) is 0 Å². The van der Waals surface area contributed by atoms with E-state index in [2.05, 4.69) is 23.9 Å². The Labute approximate surface area is 186 Å². The van der Waals surface area contributed by atoms with Crippen LogP contribution in [0.25, 0.3) is 26.8 Å². The predicted octanol–water partition coefficient (Wildman–Crippen LogP) is 6.16. The Kier molecular flexibility index (Phi) is 7.30. The van der Waals surface area contributed by atoms with E-state index in [0.29, 0.717) is 6.61 Å². The van der Waals surface area contributed by atoms with E-state index < -0.39 is 0 Å². The van der Waals surface area contributed by atoms with Crippen LogP contribution >= 0.6 is 11.3 Å². The summed E-state index contributed by atoms with van der Waals surface area (Å²) in [6, 6.07) is 16.2. The van der Waals surface area contributed by atoms with Crippen LogP contribution in [0, 0.1) is 0 Å². The lowest BCUT2D eigenvalue weighted by Crippen LogP contribution is -1.96. The van der Waals surface area contributed by atoms with Crippen molar-refractivity contribution < 1.29 is 14.5 Å². The summed E-state index contributed by atoms with van der Waals surface area (Å²) in [4.78, 5) is 15.2. The van der Waals surface area contributed by atoms with E-state index in [-0.39, 0.29) is 0 Å². The van der Waals surface area contributed by atoms with Gasteiger partial charge in [0.1, 0.15) is 17.4 Å². The normalized spacial score (nSPS) is 11.3. The smallest absolute Gasteiger partial charge is 0.213 e. The fourth-order valence-electron chi connectivity index (χ4n) is 3.27. The number of benzene rings is 2. The summed E-state index contributed by atoms with van der Waals surface area (Å²) in [6.45, 7) is 3.41. The molecule has 0 fully saturated rings. The number of imidazole rings is 1. The number of nitrogens with zero attached hydrogens (tertiary/aromatic N) is 3. The molecule has 0 N–H and O–H groups in total. The van der Waals surface area contributed by atoms with Gasteiger partial charge in [0.25, 0.3) is 0 Å². The Balaban J connectivity index is 1.40. The lowest BCUT2D eigenvalue weighted by molar-refractivity contribution is -0.282. The second kappa shape index (κ2) is 10.5. The first-order chi connectivity index (χ1) is 15.3. The minimum atomic E-state index is 0.421. The van der Waals surface area contributed by atoms with Crippen molar-refractivity contribution in [3.63, 3.8) is 0 Å². The van der Waals surface area contributed by atoms with E-state index in [1.807, 2.05) is 47.1 Å². The summed E-state index contributed by atoms with van der Waals surface area (Å²) in [5.41, 5.74) is 4.06. The highest BCUT2D eigenvalue weighted by Crippen LogP contribution is 2.29. The Morgan fingerprint density at radius 1 is 0.935 bits per heavy atom. The van der Waals surface area contributed by atoms with Gasteiger partial charge in [-0.15, -0.1) is 0 Å². The van der Waals surface area contributed by atoms with Gasteiger partial charge in [-0.25, -0.2) is 19.3 Å². The van der Waals surface area contributed by atoms with Crippen molar-refractivity contribution >= 4 is 16.3 Å². The van der Waals surface area contributed by atoms with Gasteiger partial charge in [0.2, 0.25) is 4.96 Å². The molecule has 0 amide bonds. The number of rotatable bonds is 11. The van der Waals surface area contributed by atoms with Crippen LogP contribution in [0.2, 0.25) is 0 Å². The molecule has 2 heterocycles. The van der Waals surface area contributed by atoms with Crippen LogP contribution in [-0.2, 0) is 16.4 Å². The molecule has 0 aliphatic heterocycles. The molecule has 0 unspecified atom stereocenters. The van der Waals surface area contributed by atoms with Crippen LogP contribution in [0.5, 0.6) is 5.75 Å². The van der Waals surface area contributed by atoms with Gasteiger partial charge < -0.3 is 4.74 Å². The molecule has 4 aromatic rings. The van der Waals surface area contributed by atoms with E-state index in [9.17, 15) is 0 Å². The van der Waals surface area contributed by atoms with E-state index in [1.165, 1.54) is 26.4 Å². The summed E-state index contributed by atoms with van der Waals surface area (Å²) in [6.07, 6.45) is 6.80. The first-order valence-corrected chi connectivity index (χ1v) is 11.4. The first kappa shape index (κ1) is 21.5. The zero-order valence-electron chi connectivity index (χ0n) is 17.9. The molecule has 7 heteroatoms. The second-order valence-electron chi connectivity index (χ2n) is 7.32. The lowest BCUT2D eigenvalue weighted by Gasteiger charge is -2.06. The molecule has 31 heavy (non-hydrogen) atoms. The molecule has 2 aromatic carbocycles. The number of aromatic nitrogens is 3. The number of hydrogen-bond acceptors (Lipinski definition) is 6. The lowest BCUT2D eigenvalue weighted by atomic mass is 10.1. The SMILES string of the molecule is CCCCCCOc1ccc(-c2cn3nc(-c4ccc(COOC)cc4)sc3n2)cc1. The highest BCUT2D eigenvalue weighted by Gasteiger charge is 2.11. The molecule has 0 radical (unpaired) electrons. The average Bonchev–Trinajstić information content (AvgIpc) is 3.38. The van der Waals surface area contributed by atoms with E-state index in [1.54, 1.807) is 11.3 Å². The quantitative estimate of drug-likeness (QED) is 0.160. The largest absolute Gasteiger partial charge is 0.494 e. The highest BCUT2D eigenvalue weighted by molar-refractivity contribution is 7.19. The molecule has 6 nitrogen and oxygen atoms in total. The maximum Gasteiger partial charge on any atom is 0.213 e. The Morgan fingerprint density at radius 2 is 1.71 bits per heavy atom. The Bertz CT molecular complexity index is 1060. The van der Waals surface area contributed by atoms with Gasteiger partial charge in [-0.1, -0.05) is 61.8 Å². The maximum absolute atomic E-state index is 5.83. The molecule has 0 saturated heterocycles. The van der Waals surface area contributed by atoms with Gasteiger partial charge in [0.05, 0.1) is 25.6 Å². The van der Waals surface area contributed by atoms with Gasteiger partial charge in [-0.05, 0) is 36.2 Å². The molecule has 0 saturated carbocycles. The number of ether oxygens (including phenoxy) is 1. The Hall–Kier alpha value is -2.74. The van der Waals surface area contributed by atoms with Crippen molar-refractivity contribution in [2.24, 2.45) is 0 Å². The van der Waals surface area contributed by atoms with Crippen LogP contribution in [0.15, 0.2) is 54.7 Å². The second-order valence-corrected chi connectivity index (χ2v) is 8.28. The average molecular weight is 438 g/mol. The third kappa shape index (κ3) is 5.50. The number of unbranched alkanes of at least 4 members (excludes halogenated alkanes) is 3. The van der Waals surface area contributed by atoms with Crippen molar-refractivity contribution in [2.45, 2.75) is 39.2 Å². The number of hydrogen-bond donors (Lipinski definition) is 0. The third-order valence-electron chi connectivity index (χ3n) is 5.00. The topological polar surface area (TPSA) is 57.9 Å². The van der Waals surface area contributed by atoms with Crippen LogP contribution < -0.4 is 4.74 Å². The first-order valence-electron chi connectivity index (χ1n) is 10.6. The van der Waals surface area contributed by atoms with Crippen molar-refractivity contribution in [3.05, 3.63) is 60.3 Å². The monoisotopic (exact) mass is 437 g/mol. The van der Waals surface area contributed by atoms with Gasteiger partial charge >= 0.3 is 0 Å². The molecular formula is C24H27N3O3S. The fourth-order valence-corrected chi connectivity index (χ4v) is 4.15. The standard InChI is InChI=1S/C24H27N3O3S/c1-3-4-5-6-15-29-21-13-11-19(12-14-21)22-16-27-24(25-22)31-23(26-27)20-9-7-18(8-10-20)17-30-28-2/h7-14,16H,3-6,15,17H2,1-2H3. The molecule has 0 atom stereocenters. The van der Waals surface area contributed by atoms with Crippen molar-refractivity contribution in [1.82, 2.24) is 14.6 Å². The van der Waals surface area contributed by atoms with Crippen LogP contribution in [-0.4, -0.2) is 28.3 Å². The summed E-state index contributed by atoms with van der Waals surface area (Å²) >= 11 is 1.57. The van der Waals surface area contributed by atoms with E-state index in [0.717, 1.165) is 51.1 Å². The van der Waals surface area contributed by atoms with Crippen molar-refractivity contribution in [3.8, 4) is 27.6 Å². The molecule has 4 rings (SSSR count). The molecule has 0 aliphatic carbocycles. The minimum absolute atomic E-state index is 0.421. The maximum atomic E-state index is 5.83. The van der Waals surface area contributed by atoms with Crippen molar-refractivity contribution in [2.75, 3.05) is 13.7 Å². The minimum Gasteiger partial charge on any atom is -0.494 e. The van der Waals surface area contributed by atoms with Gasteiger partial charge in [0, 0.05) is 11.1 Å². The zero-order valence-corrected chi connectivity index (χ0v) is 18.7. The molecule has 0 bridgehead atoms. The third-order valence-corrected chi connectivity index (χ3v) is 5.98. The summed E-state index contributed by atoms with van der Waals surface area (Å²) < 4.78 is 7.67. The van der Waals surface area contributed by atoms with Gasteiger partial charge in [0.15, 0.2) is 0 Å². The molecule has 162 valence electrons. The van der Waals surface area contributed by atoms with Crippen LogP contribution in [0.4, 0.5) is 0 Å². The van der Waals surface area contributed by atoms with Crippen LogP contribution in [0.3, 0.4) is 0 Å². The van der Waals surface area contributed by atoms with E-state index >= 15 is 0 Å². The van der Waals surface area contributed by atoms with Crippen molar-refractivity contribution in [1.29, 1.82) is 0 Å². The molecule has 0 aliphatic rings. The molecule has 2 aromatic heterocycles. The predicted molar refractivity (Wildman–Crippen MR) is 123 cm³/mol. The van der Waals surface area contributed by atoms with Crippen LogP contribution in [0.1, 0.15) is 38.2 Å². The molecule has 0 spiro atoms.